The summed E-state index contributed by atoms with van der Waals surface area (Å²) in [6, 6.07) is 0. The van der Waals surface area contributed by atoms with Crippen LogP contribution in [-0.2, 0) is 15.5 Å². The highest BCUT2D eigenvalue weighted by atomic mass is 32.2. The molecule has 0 aromatic carbocycles. The van der Waals surface area contributed by atoms with Crippen LogP contribution in [0.1, 0.15) is 10.7 Å². The molecule has 0 aliphatic heterocycles. The Bertz CT molecular complexity index is 334. The van der Waals surface area contributed by atoms with E-state index in [1.165, 1.54) is 18.4 Å². The lowest BCUT2D eigenvalue weighted by atomic mass is 10.5. The van der Waals surface area contributed by atoms with Crippen LogP contribution in [0.3, 0.4) is 0 Å². The summed E-state index contributed by atoms with van der Waals surface area (Å²) in [6.45, 7) is 5.34. The van der Waals surface area contributed by atoms with E-state index in [-0.39, 0.29) is 0 Å². The Morgan fingerprint density at radius 2 is 2.38 bits per heavy atom. The first-order valence-electron chi connectivity index (χ1n) is 3.41. The number of hydrogen-bond donors (Lipinski definition) is 0. The molecule has 72 valence electrons. The summed E-state index contributed by atoms with van der Waals surface area (Å²) in [4.78, 5) is 4.10. The molecule has 0 bridgehead atoms. The Hall–Kier alpha value is -0.720. The fourth-order valence-corrected chi connectivity index (χ4v) is 1.93. The summed E-state index contributed by atoms with van der Waals surface area (Å²) in [6.07, 6.45) is 1.61. The molecular formula is C7H9NO3S2. The van der Waals surface area contributed by atoms with E-state index in [0.29, 0.717) is 10.8 Å². The third-order valence-corrected chi connectivity index (χ3v) is 2.94. The fraction of sp³-hybridized carbons (Fsp3) is 0.286. The number of hydrogen-bond acceptors (Lipinski definition) is 5. The van der Waals surface area contributed by atoms with Crippen molar-refractivity contribution in [1.29, 1.82) is 0 Å². The summed E-state index contributed by atoms with van der Waals surface area (Å²) in [5, 5.41) is 1.23. The fourth-order valence-electron chi connectivity index (χ4n) is 0.663. The maximum atomic E-state index is 10.9. The van der Waals surface area contributed by atoms with Crippen LogP contribution in [0.4, 0.5) is 0 Å². The Balaban J connectivity index is 2.82. The Morgan fingerprint density at radius 1 is 1.69 bits per heavy atom. The highest BCUT2D eigenvalue weighted by molar-refractivity contribution is 7.75. The van der Waals surface area contributed by atoms with Gasteiger partial charge in [0.05, 0.1) is 12.8 Å². The van der Waals surface area contributed by atoms with E-state index >= 15 is 0 Å². The second-order valence-electron chi connectivity index (χ2n) is 2.08. The van der Waals surface area contributed by atoms with E-state index < -0.39 is 11.4 Å². The SMILES string of the molecule is C=Cc1nc(C)c(OS(=O)OC)s1. The number of thiazole rings is 1. The lowest BCUT2D eigenvalue weighted by Gasteiger charge is -1.97. The van der Waals surface area contributed by atoms with E-state index in [4.69, 9.17) is 4.18 Å². The zero-order valence-electron chi connectivity index (χ0n) is 7.27. The maximum Gasteiger partial charge on any atom is 0.360 e. The Labute approximate surface area is 83.1 Å². The minimum atomic E-state index is -1.74. The van der Waals surface area contributed by atoms with E-state index in [2.05, 4.69) is 15.7 Å². The zero-order chi connectivity index (χ0) is 9.84. The molecule has 0 spiro atoms. The van der Waals surface area contributed by atoms with Crippen LogP contribution >= 0.6 is 11.3 Å². The monoisotopic (exact) mass is 219 g/mol. The molecule has 0 N–H and O–H groups in total. The summed E-state index contributed by atoms with van der Waals surface area (Å²) >= 11 is -0.462. The van der Waals surface area contributed by atoms with Gasteiger partial charge in [0, 0.05) is 0 Å². The molecule has 13 heavy (non-hydrogen) atoms. The van der Waals surface area contributed by atoms with Crippen LogP contribution in [0.15, 0.2) is 6.58 Å². The van der Waals surface area contributed by atoms with Crippen molar-refractivity contribution in [1.82, 2.24) is 4.98 Å². The van der Waals surface area contributed by atoms with Crippen LogP contribution in [0.25, 0.3) is 6.08 Å². The average molecular weight is 219 g/mol. The summed E-state index contributed by atoms with van der Waals surface area (Å²) < 4.78 is 20.2. The van der Waals surface area contributed by atoms with Gasteiger partial charge in [-0.15, -0.1) is 0 Å². The smallest absolute Gasteiger partial charge is 0.360 e. The van der Waals surface area contributed by atoms with Crippen molar-refractivity contribution in [2.75, 3.05) is 7.11 Å². The van der Waals surface area contributed by atoms with Gasteiger partial charge in [-0.2, -0.15) is 4.21 Å². The van der Waals surface area contributed by atoms with Crippen LogP contribution < -0.4 is 4.18 Å². The molecule has 0 aliphatic rings. The average Bonchev–Trinajstić information content (AvgIpc) is 2.47. The quantitative estimate of drug-likeness (QED) is 0.773. The molecule has 0 amide bonds. The third kappa shape index (κ3) is 2.61. The van der Waals surface area contributed by atoms with Gasteiger partial charge >= 0.3 is 11.4 Å². The molecule has 1 heterocycles. The topological polar surface area (TPSA) is 48.4 Å². The molecule has 0 saturated carbocycles. The van der Waals surface area contributed by atoms with Gasteiger partial charge in [-0.05, 0) is 13.0 Å². The molecule has 1 aromatic heterocycles. The summed E-state index contributed by atoms with van der Waals surface area (Å²) in [5.41, 5.74) is 0.685. The minimum absolute atomic E-state index is 0.495. The Kier molecular flexibility index (Phi) is 3.58. The molecule has 6 heteroatoms. The molecule has 4 nitrogen and oxygen atoms in total. The van der Waals surface area contributed by atoms with Crippen LogP contribution in [0.5, 0.6) is 5.06 Å². The van der Waals surface area contributed by atoms with Crippen molar-refractivity contribution in [3.8, 4) is 5.06 Å². The van der Waals surface area contributed by atoms with Crippen LogP contribution in [-0.4, -0.2) is 16.3 Å². The van der Waals surface area contributed by atoms with Gasteiger partial charge in [0.15, 0.2) is 0 Å². The standard InChI is InChI=1S/C7H9NO3S2/c1-4-6-8-5(2)7(12-6)11-13(9)10-3/h4H,1H2,2-3H3. The van der Waals surface area contributed by atoms with Crippen LogP contribution in [0.2, 0.25) is 0 Å². The first-order chi connectivity index (χ1) is 6.17. The minimum Gasteiger partial charge on any atom is -0.367 e. The predicted octanol–water partition coefficient (Wildman–Crippen LogP) is 1.70. The molecule has 0 fully saturated rings. The van der Waals surface area contributed by atoms with E-state index in [9.17, 15) is 4.21 Å². The molecule has 1 atom stereocenters. The summed E-state index contributed by atoms with van der Waals surface area (Å²) in [7, 11) is 1.31. The van der Waals surface area contributed by atoms with Crippen molar-refractivity contribution in [3.63, 3.8) is 0 Å². The van der Waals surface area contributed by atoms with Gasteiger partial charge in [-0.25, -0.2) is 4.98 Å². The third-order valence-electron chi connectivity index (χ3n) is 1.23. The van der Waals surface area contributed by atoms with Gasteiger partial charge in [-0.3, -0.25) is 4.18 Å². The highest BCUT2D eigenvalue weighted by Gasteiger charge is 2.10. The largest absolute Gasteiger partial charge is 0.367 e. The van der Waals surface area contributed by atoms with E-state index in [1.54, 1.807) is 13.0 Å². The molecule has 1 aromatic rings. The number of aryl methyl sites for hydroxylation is 1. The normalized spacial score (nSPS) is 12.5. The van der Waals surface area contributed by atoms with Gasteiger partial charge in [-0.1, -0.05) is 17.9 Å². The lowest BCUT2D eigenvalue weighted by molar-refractivity contribution is 0.385. The van der Waals surface area contributed by atoms with Gasteiger partial charge in [0.25, 0.3) is 0 Å². The molecule has 1 rings (SSSR count). The molecule has 1 unspecified atom stereocenters. The van der Waals surface area contributed by atoms with E-state index in [1.807, 2.05) is 0 Å². The van der Waals surface area contributed by atoms with Crippen molar-refractivity contribution in [3.05, 3.63) is 17.3 Å². The number of rotatable bonds is 4. The van der Waals surface area contributed by atoms with Crippen molar-refractivity contribution in [2.45, 2.75) is 6.92 Å². The predicted molar refractivity (Wildman–Crippen MR) is 52.7 cm³/mol. The van der Waals surface area contributed by atoms with Gasteiger partial charge in [0.2, 0.25) is 5.06 Å². The number of aromatic nitrogens is 1. The van der Waals surface area contributed by atoms with Crippen molar-refractivity contribution < 1.29 is 12.6 Å². The lowest BCUT2D eigenvalue weighted by Crippen LogP contribution is -2.00. The first-order valence-corrected chi connectivity index (χ1v) is 5.23. The molecule has 0 radical (unpaired) electrons. The maximum absolute atomic E-state index is 10.9. The van der Waals surface area contributed by atoms with Crippen LogP contribution in [0, 0.1) is 6.92 Å². The zero-order valence-corrected chi connectivity index (χ0v) is 8.91. The van der Waals surface area contributed by atoms with E-state index in [0.717, 1.165) is 5.01 Å². The molecule has 0 aliphatic carbocycles. The second-order valence-corrected chi connectivity index (χ2v) is 3.98. The molecular weight excluding hydrogens is 210 g/mol. The second kappa shape index (κ2) is 4.50. The number of nitrogens with zero attached hydrogens (tertiary/aromatic N) is 1. The Morgan fingerprint density at radius 3 is 2.85 bits per heavy atom. The summed E-state index contributed by atoms with van der Waals surface area (Å²) in [5.74, 6) is 0. The highest BCUT2D eigenvalue weighted by Crippen LogP contribution is 2.27. The first kappa shape index (κ1) is 10.4. The van der Waals surface area contributed by atoms with Crippen molar-refractivity contribution in [2.24, 2.45) is 0 Å². The van der Waals surface area contributed by atoms with Crippen molar-refractivity contribution >= 4 is 28.8 Å². The van der Waals surface area contributed by atoms with Gasteiger partial charge in [0.1, 0.15) is 5.01 Å². The molecule has 0 saturated heterocycles. The van der Waals surface area contributed by atoms with Gasteiger partial charge < -0.3 is 4.18 Å².